The molecule has 7 heteroatoms. The average molecular weight is 377 g/mol. The summed E-state index contributed by atoms with van der Waals surface area (Å²) >= 11 is 0. The van der Waals surface area contributed by atoms with Crippen LogP contribution in [-0.2, 0) is 6.54 Å². The molecule has 144 valence electrons. The van der Waals surface area contributed by atoms with Crippen LogP contribution in [0.25, 0.3) is 0 Å². The molecule has 1 aromatic rings. The van der Waals surface area contributed by atoms with Gasteiger partial charge in [-0.2, -0.15) is 5.26 Å². The lowest BCUT2D eigenvalue weighted by Crippen LogP contribution is -2.49. The number of nitrogens with zero attached hydrogens (tertiary/aromatic N) is 3. The number of amides is 1. The minimum Gasteiger partial charge on any atom is -0.331 e. The van der Waals surface area contributed by atoms with Crippen LogP contribution in [0.1, 0.15) is 60.0 Å². The normalized spacial score (nSPS) is 24.1. The van der Waals surface area contributed by atoms with Gasteiger partial charge in [0.05, 0.1) is 5.56 Å². The van der Waals surface area contributed by atoms with Gasteiger partial charge in [0.15, 0.2) is 0 Å². The SMILES string of the molecule is N#Cc1c(F)ccc2c1C(=O)N(C1CCN(C3CCC(F)(F)CC3)CC1)C2. The highest BCUT2D eigenvalue weighted by Gasteiger charge is 2.40. The van der Waals surface area contributed by atoms with Crippen molar-refractivity contribution in [2.75, 3.05) is 13.1 Å². The maximum Gasteiger partial charge on any atom is 0.256 e. The van der Waals surface area contributed by atoms with Crippen molar-refractivity contribution in [2.45, 2.75) is 63.1 Å². The minimum atomic E-state index is -2.52. The molecule has 2 heterocycles. The summed E-state index contributed by atoms with van der Waals surface area (Å²) in [5.41, 5.74) is 0.741. The third-order valence-electron chi connectivity index (χ3n) is 6.31. The number of rotatable bonds is 2. The summed E-state index contributed by atoms with van der Waals surface area (Å²) in [5.74, 6) is -3.44. The third-order valence-corrected chi connectivity index (χ3v) is 6.31. The fourth-order valence-electron chi connectivity index (χ4n) is 4.75. The number of carbonyl (C=O) groups excluding carboxylic acids is 1. The molecule has 4 nitrogen and oxygen atoms in total. The van der Waals surface area contributed by atoms with Crippen molar-refractivity contribution in [3.8, 4) is 6.07 Å². The second-order valence-corrected chi connectivity index (χ2v) is 7.86. The molecular formula is C20H22F3N3O. The van der Waals surface area contributed by atoms with E-state index in [0.29, 0.717) is 24.9 Å². The van der Waals surface area contributed by atoms with E-state index in [0.717, 1.165) is 25.9 Å². The Morgan fingerprint density at radius 3 is 2.37 bits per heavy atom. The number of likely N-dealkylation sites (tertiary alicyclic amines) is 1. The van der Waals surface area contributed by atoms with Gasteiger partial charge >= 0.3 is 0 Å². The Balaban J connectivity index is 1.40. The molecule has 4 rings (SSSR count). The van der Waals surface area contributed by atoms with Crippen molar-refractivity contribution in [3.63, 3.8) is 0 Å². The highest BCUT2D eigenvalue weighted by atomic mass is 19.3. The van der Waals surface area contributed by atoms with Crippen LogP contribution in [0.15, 0.2) is 12.1 Å². The molecule has 0 radical (unpaired) electrons. The Hall–Kier alpha value is -2.07. The first-order valence-electron chi connectivity index (χ1n) is 9.54. The summed E-state index contributed by atoms with van der Waals surface area (Å²) in [6.45, 7) is 1.96. The molecule has 1 amide bonds. The molecule has 2 aliphatic heterocycles. The van der Waals surface area contributed by atoms with Gasteiger partial charge in [-0.3, -0.25) is 4.79 Å². The standard InChI is InChI=1S/C20H22F3N3O/c21-17-2-1-13-12-26(19(27)18(13)16(17)11-24)15-5-9-25(10-6-15)14-3-7-20(22,23)8-4-14/h1-2,14-15H,3-10,12H2. The zero-order valence-electron chi connectivity index (χ0n) is 15.1. The summed E-state index contributed by atoms with van der Waals surface area (Å²) in [7, 11) is 0. The van der Waals surface area contributed by atoms with Crippen molar-refractivity contribution >= 4 is 5.91 Å². The van der Waals surface area contributed by atoms with Crippen LogP contribution >= 0.6 is 0 Å². The number of nitriles is 1. The van der Waals surface area contributed by atoms with E-state index >= 15 is 0 Å². The number of piperidine rings is 1. The van der Waals surface area contributed by atoms with E-state index in [-0.39, 0.29) is 42.0 Å². The number of alkyl halides is 2. The molecule has 1 aliphatic carbocycles. The molecule has 2 fully saturated rings. The van der Waals surface area contributed by atoms with Gasteiger partial charge in [0.25, 0.3) is 5.91 Å². The van der Waals surface area contributed by atoms with Crippen molar-refractivity contribution in [1.82, 2.24) is 9.80 Å². The summed E-state index contributed by atoms with van der Waals surface area (Å²) in [6, 6.07) is 4.89. The van der Waals surface area contributed by atoms with Gasteiger partial charge in [0, 0.05) is 44.6 Å². The Morgan fingerprint density at radius 2 is 1.74 bits per heavy atom. The molecule has 0 N–H and O–H groups in total. The summed E-state index contributed by atoms with van der Waals surface area (Å²) in [5, 5.41) is 9.19. The molecule has 1 saturated heterocycles. The van der Waals surface area contributed by atoms with Gasteiger partial charge in [-0.1, -0.05) is 6.07 Å². The summed E-state index contributed by atoms with van der Waals surface area (Å²) in [4.78, 5) is 16.8. The molecule has 0 aromatic heterocycles. The smallest absolute Gasteiger partial charge is 0.256 e. The predicted octanol–water partition coefficient (Wildman–Crippen LogP) is 3.70. The number of hydrogen-bond acceptors (Lipinski definition) is 3. The van der Waals surface area contributed by atoms with Crippen LogP contribution in [0.4, 0.5) is 13.2 Å². The van der Waals surface area contributed by atoms with Crippen LogP contribution in [0.2, 0.25) is 0 Å². The number of fused-ring (bicyclic) bond motifs is 1. The first-order chi connectivity index (χ1) is 12.9. The van der Waals surface area contributed by atoms with Gasteiger partial charge in [-0.15, -0.1) is 0 Å². The zero-order chi connectivity index (χ0) is 19.2. The predicted molar refractivity (Wildman–Crippen MR) is 92.8 cm³/mol. The molecular weight excluding hydrogens is 355 g/mol. The number of benzene rings is 1. The van der Waals surface area contributed by atoms with E-state index in [9.17, 15) is 23.2 Å². The largest absolute Gasteiger partial charge is 0.331 e. The third kappa shape index (κ3) is 3.31. The summed E-state index contributed by atoms with van der Waals surface area (Å²) in [6.07, 6.45) is 2.52. The molecule has 3 aliphatic rings. The van der Waals surface area contributed by atoms with Crippen LogP contribution < -0.4 is 0 Å². The van der Waals surface area contributed by atoms with Gasteiger partial charge in [0.2, 0.25) is 5.92 Å². The van der Waals surface area contributed by atoms with E-state index < -0.39 is 11.7 Å². The lowest BCUT2D eigenvalue weighted by atomic mass is 9.89. The Labute approximate surface area is 156 Å². The highest BCUT2D eigenvalue weighted by molar-refractivity contribution is 6.00. The van der Waals surface area contributed by atoms with Gasteiger partial charge in [-0.05, 0) is 37.3 Å². The first-order valence-corrected chi connectivity index (χ1v) is 9.54. The zero-order valence-corrected chi connectivity index (χ0v) is 15.1. The quantitative estimate of drug-likeness (QED) is 0.790. The van der Waals surface area contributed by atoms with Crippen molar-refractivity contribution < 1.29 is 18.0 Å². The number of halogens is 3. The Bertz CT molecular complexity index is 786. The van der Waals surface area contributed by atoms with E-state index in [1.54, 1.807) is 11.0 Å². The van der Waals surface area contributed by atoms with Crippen LogP contribution in [0.3, 0.4) is 0 Å². The molecule has 1 saturated carbocycles. The van der Waals surface area contributed by atoms with Crippen LogP contribution in [0, 0.1) is 17.1 Å². The van der Waals surface area contributed by atoms with E-state index in [2.05, 4.69) is 4.90 Å². The average Bonchev–Trinajstić information content (AvgIpc) is 2.99. The van der Waals surface area contributed by atoms with E-state index in [1.807, 2.05) is 6.07 Å². The lowest BCUT2D eigenvalue weighted by Gasteiger charge is -2.42. The van der Waals surface area contributed by atoms with E-state index in [1.165, 1.54) is 6.07 Å². The number of hydrogen-bond donors (Lipinski definition) is 0. The fourth-order valence-corrected chi connectivity index (χ4v) is 4.75. The summed E-state index contributed by atoms with van der Waals surface area (Å²) < 4.78 is 40.6. The topological polar surface area (TPSA) is 47.3 Å². The van der Waals surface area contributed by atoms with Crippen molar-refractivity contribution in [2.24, 2.45) is 0 Å². The molecule has 27 heavy (non-hydrogen) atoms. The Kier molecular flexibility index (Phi) is 4.63. The monoisotopic (exact) mass is 377 g/mol. The molecule has 0 unspecified atom stereocenters. The molecule has 0 spiro atoms. The second kappa shape index (κ2) is 6.83. The number of carbonyl (C=O) groups is 1. The molecule has 0 bridgehead atoms. The first kappa shape index (κ1) is 18.3. The fraction of sp³-hybridized carbons (Fsp3) is 0.600. The van der Waals surface area contributed by atoms with Crippen LogP contribution in [0.5, 0.6) is 0 Å². The molecule has 0 atom stereocenters. The maximum atomic E-state index is 13.8. The molecule has 1 aromatic carbocycles. The van der Waals surface area contributed by atoms with Crippen molar-refractivity contribution in [1.29, 1.82) is 5.26 Å². The Morgan fingerprint density at radius 1 is 1.07 bits per heavy atom. The van der Waals surface area contributed by atoms with Gasteiger partial charge in [-0.25, -0.2) is 13.2 Å². The highest BCUT2D eigenvalue weighted by Crippen LogP contribution is 2.37. The lowest BCUT2D eigenvalue weighted by molar-refractivity contribution is -0.0574. The minimum absolute atomic E-state index is 0.0417. The van der Waals surface area contributed by atoms with Crippen LogP contribution in [-0.4, -0.2) is 46.8 Å². The van der Waals surface area contributed by atoms with E-state index in [4.69, 9.17) is 0 Å². The maximum absolute atomic E-state index is 13.8. The van der Waals surface area contributed by atoms with Gasteiger partial charge in [0.1, 0.15) is 17.4 Å². The van der Waals surface area contributed by atoms with Crippen molar-refractivity contribution in [3.05, 3.63) is 34.6 Å². The van der Waals surface area contributed by atoms with Gasteiger partial charge < -0.3 is 9.80 Å². The second-order valence-electron chi connectivity index (χ2n) is 7.86.